The third-order valence-corrected chi connectivity index (χ3v) is 4.50. The molecule has 0 bridgehead atoms. The first-order valence-corrected chi connectivity index (χ1v) is 8.97. The first-order chi connectivity index (χ1) is 13.1. The number of rotatable bonds is 7. The first-order valence-electron chi connectivity index (χ1n) is 8.97. The number of hydrogen-bond donors (Lipinski definition) is 0. The molecule has 27 heavy (non-hydrogen) atoms. The van der Waals surface area contributed by atoms with Gasteiger partial charge in [-0.3, -0.25) is 0 Å². The fraction of sp³-hybridized carbons (Fsp3) is 0.273. The Kier molecular flexibility index (Phi) is 5.90. The number of hydrogen-bond acceptors (Lipinski definition) is 4. The molecular formula is C22H24N4O. The summed E-state index contributed by atoms with van der Waals surface area (Å²) in [5.41, 5.74) is 3.69. The van der Waals surface area contributed by atoms with Gasteiger partial charge in [0.2, 0.25) is 0 Å². The SMILES string of the molecule is COc1ccc(-c2nccn2CCCN(C)C)cc1-c1ccc(C#N)cc1. The van der Waals surface area contributed by atoms with Gasteiger partial charge < -0.3 is 14.2 Å². The molecule has 0 radical (unpaired) electrons. The van der Waals surface area contributed by atoms with Crippen molar-refractivity contribution in [3.05, 3.63) is 60.4 Å². The van der Waals surface area contributed by atoms with Crippen LogP contribution < -0.4 is 4.74 Å². The van der Waals surface area contributed by atoms with Crippen molar-refractivity contribution >= 4 is 0 Å². The minimum atomic E-state index is 0.644. The van der Waals surface area contributed by atoms with Crippen LogP contribution in [0.5, 0.6) is 5.75 Å². The van der Waals surface area contributed by atoms with E-state index in [1.807, 2.05) is 48.8 Å². The standard InChI is InChI=1S/C22H24N4O/c1-25(2)12-4-13-26-14-11-24-22(26)19-9-10-21(27-3)20(15-19)18-7-5-17(16-23)6-8-18/h5-11,14-15H,4,12-13H2,1-3H3. The number of benzene rings is 2. The zero-order chi connectivity index (χ0) is 19.2. The van der Waals surface area contributed by atoms with E-state index in [1.165, 1.54) is 0 Å². The van der Waals surface area contributed by atoms with Crippen LogP contribution in [0.15, 0.2) is 54.9 Å². The van der Waals surface area contributed by atoms with Crippen LogP contribution in [-0.4, -0.2) is 42.2 Å². The summed E-state index contributed by atoms with van der Waals surface area (Å²) in [4.78, 5) is 6.75. The Labute approximate surface area is 160 Å². The quantitative estimate of drug-likeness (QED) is 0.638. The van der Waals surface area contributed by atoms with Crippen LogP contribution in [-0.2, 0) is 6.54 Å². The fourth-order valence-electron chi connectivity index (χ4n) is 3.10. The van der Waals surface area contributed by atoms with Gasteiger partial charge in [-0.15, -0.1) is 0 Å². The molecule has 138 valence electrons. The van der Waals surface area contributed by atoms with Gasteiger partial charge in [0.25, 0.3) is 0 Å². The summed E-state index contributed by atoms with van der Waals surface area (Å²) < 4.78 is 7.74. The average Bonchev–Trinajstić information content (AvgIpc) is 3.16. The maximum absolute atomic E-state index is 9.02. The third kappa shape index (κ3) is 4.36. The monoisotopic (exact) mass is 360 g/mol. The molecule has 0 aliphatic carbocycles. The molecule has 0 N–H and O–H groups in total. The summed E-state index contributed by atoms with van der Waals surface area (Å²) >= 11 is 0. The highest BCUT2D eigenvalue weighted by Gasteiger charge is 2.12. The van der Waals surface area contributed by atoms with E-state index >= 15 is 0 Å². The lowest BCUT2D eigenvalue weighted by atomic mass is 10.0. The molecule has 1 aromatic heterocycles. The molecule has 0 aliphatic rings. The number of aromatic nitrogens is 2. The Hall–Kier alpha value is -3.10. The zero-order valence-electron chi connectivity index (χ0n) is 16.0. The van der Waals surface area contributed by atoms with E-state index in [0.29, 0.717) is 5.56 Å². The number of nitriles is 1. The molecule has 0 fully saturated rings. The van der Waals surface area contributed by atoms with E-state index in [-0.39, 0.29) is 0 Å². The zero-order valence-corrected chi connectivity index (χ0v) is 16.0. The second-order valence-corrected chi connectivity index (χ2v) is 6.71. The van der Waals surface area contributed by atoms with Crippen molar-refractivity contribution in [3.63, 3.8) is 0 Å². The Bertz CT molecular complexity index is 936. The van der Waals surface area contributed by atoms with Crippen molar-refractivity contribution in [1.82, 2.24) is 14.5 Å². The predicted octanol–water partition coefficient (Wildman–Crippen LogP) is 4.05. The number of ether oxygens (including phenoxy) is 1. The highest BCUT2D eigenvalue weighted by atomic mass is 16.5. The lowest BCUT2D eigenvalue weighted by molar-refractivity contribution is 0.387. The average molecular weight is 360 g/mol. The molecule has 0 amide bonds. The second-order valence-electron chi connectivity index (χ2n) is 6.71. The molecule has 0 saturated heterocycles. The van der Waals surface area contributed by atoms with Crippen LogP contribution in [0, 0.1) is 11.3 Å². The maximum atomic E-state index is 9.02. The summed E-state index contributed by atoms with van der Waals surface area (Å²) in [5.74, 6) is 1.75. The Morgan fingerprint density at radius 2 is 1.85 bits per heavy atom. The Morgan fingerprint density at radius 1 is 1.11 bits per heavy atom. The van der Waals surface area contributed by atoms with Gasteiger partial charge in [0.05, 0.1) is 18.7 Å². The minimum absolute atomic E-state index is 0.644. The highest BCUT2D eigenvalue weighted by Crippen LogP contribution is 2.34. The molecule has 5 heteroatoms. The van der Waals surface area contributed by atoms with Gasteiger partial charge in [-0.2, -0.15) is 5.26 Å². The summed E-state index contributed by atoms with van der Waals surface area (Å²) in [7, 11) is 5.84. The van der Waals surface area contributed by atoms with Gasteiger partial charge in [-0.25, -0.2) is 4.98 Å². The summed E-state index contributed by atoms with van der Waals surface area (Å²) in [5, 5.41) is 9.02. The lowest BCUT2D eigenvalue weighted by Gasteiger charge is -2.14. The summed E-state index contributed by atoms with van der Waals surface area (Å²) in [6, 6.07) is 15.8. The van der Waals surface area contributed by atoms with E-state index < -0.39 is 0 Å². The molecule has 0 saturated carbocycles. The highest BCUT2D eigenvalue weighted by molar-refractivity contribution is 5.76. The maximum Gasteiger partial charge on any atom is 0.139 e. The van der Waals surface area contributed by atoms with Gasteiger partial charge in [0.15, 0.2) is 0 Å². The van der Waals surface area contributed by atoms with Crippen molar-refractivity contribution in [2.24, 2.45) is 0 Å². The molecule has 3 rings (SSSR count). The number of nitrogens with zero attached hydrogens (tertiary/aromatic N) is 4. The van der Waals surface area contributed by atoms with Crippen LogP contribution in [0.4, 0.5) is 0 Å². The molecule has 0 spiro atoms. The molecule has 0 atom stereocenters. The molecule has 2 aromatic carbocycles. The van der Waals surface area contributed by atoms with Gasteiger partial charge in [0.1, 0.15) is 11.6 Å². The van der Waals surface area contributed by atoms with Crippen LogP contribution in [0.3, 0.4) is 0 Å². The van der Waals surface area contributed by atoms with Crippen LogP contribution >= 0.6 is 0 Å². The second kappa shape index (κ2) is 8.52. The van der Waals surface area contributed by atoms with Crippen molar-refractivity contribution < 1.29 is 4.74 Å². The Balaban J connectivity index is 1.94. The van der Waals surface area contributed by atoms with Crippen LogP contribution in [0.2, 0.25) is 0 Å². The van der Waals surface area contributed by atoms with Gasteiger partial charge >= 0.3 is 0 Å². The molecular weight excluding hydrogens is 336 g/mol. The number of aryl methyl sites for hydroxylation is 1. The van der Waals surface area contributed by atoms with Crippen molar-refractivity contribution in [3.8, 4) is 34.3 Å². The summed E-state index contributed by atoms with van der Waals surface area (Å²) in [6.45, 7) is 1.96. The molecule has 0 aliphatic heterocycles. The minimum Gasteiger partial charge on any atom is -0.496 e. The normalized spacial score (nSPS) is 10.8. The van der Waals surface area contributed by atoms with Gasteiger partial charge in [-0.1, -0.05) is 12.1 Å². The molecule has 3 aromatic rings. The van der Waals surface area contributed by atoms with E-state index in [4.69, 9.17) is 10.00 Å². The van der Waals surface area contributed by atoms with Crippen molar-refractivity contribution in [1.29, 1.82) is 5.26 Å². The van der Waals surface area contributed by atoms with Crippen molar-refractivity contribution in [2.75, 3.05) is 27.7 Å². The number of imidazole rings is 1. The Morgan fingerprint density at radius 3 is 2.52 bits per heavy atom. The largest absolute Gasteiger partial charge is 0.496 e. The number of methoxy groups -OCH3 is 1. The summed E-state index contributed by atoms with van der Waals surface area (Å²) in [6.07, 6.45) is 4.93. The van der Waals surface area contributed by atoms with E-state index in [1.54, 1.807) is 7.11 Å². The molecule has 0 unspecified atom stereocenters. The fourth-order valence-corrected chi connectivity index (χ4v) is 3.10. The molecule has 5 nitrogen and oxygen atoms in total. The van der Waals surface area contributed by atoms with E-state index in [0.717, 1.165) is 47.8 Å². The first kappa shape index (κ1) is 18.7. The van der Waals surface area contributed by atoms with Crippen LogP contribution in [0.25, 0.3) is 22.5 Å². The predicted molar refractivity (Wildman–Crippen MR) is 108 cm³/mol. The topological polar surface area (TPSA) is 54.1 Å². The lowest BCUT2D eigenvalue weighted by Crippen LogP contribution is -2.15. The van der Waals surface area contributed by atoms with E-state index in [9.17, 15) is 0 Å². The van der Waals surface area contributed by atoms with Gasteiger partial charge in [0, 0.05) is 30.1 Å². The van der Waals surface area contributed by atoms with Crippen LogP contribution in [0.1, 0.15) is 12.0 Å². The van der Waals surface area contributed by atoms with Crippen molar-refractivity contribution in [2.45, 2.75) is 13.0 Å². The molecule has 1 heterocycles. The smallest absolute Gasteiger partial charge is 0.139 e. The third-order valence-electron chi connectivity index (χ3n) is 4.50. The van der Waals surface area contributed by atoms with Gasteiger partial charge in [-0.05, 0) is 63.0 Å². The van der Waals surface area contributed by atoms with E-state index in [2.05, 4.69) is 40.7 Å².